The summed E-state index contributed by atoms with van der Waals surface area (Å²) in [5, 5.41) is 2.63. The third-order valence-electron chi connectivity index (χ3n) is 3.38. The minimum atomic E-state index is -0.512. The van der Waals surface area contributed by atoms with Gasteiger partial charge in [0.25, 0.3) is 0 Å². The molecule has 0 unspecified atom stereocenters. The van der Waals surface area contributed by atoms with Gasteiger partial charge in [-0.05, 0) is 41.8 Å². The Morgan fingerprint density at radius 3 is 2.83 bits per heavy atom. The summed E-state index contributed by atoms with van der Waals surface area (Å²) in [6.45, 7) is 9.37. The van der Waals surface area contributed by atoms with Gasteiger partial charge in [0.1, 0.15) is 0 Å². The largest absolute Gasteiger partial charge is 0.449 e. The van der Waals surface area contributed by atoms with Gasteiger partial charge >= 0.3 is 6.09 Å². The van der Waals surface area contributed by atoms with E-state index in [0.717, 1.165) is 10.9 Å². The van der Waals surface area contributed by atoms with Crippen LogP contribution in [0.1, 0.15) is 18.1 Å². The van der Waals surface area contributed by atoms with E-state index < -0.39 is 6.09 Å². The van der Waals surface area contributed by atoms with Gasteiger partial charge in [-0.2, -0.15) is 0 Å². The number of carbonyl (C=O) groups excluding carboxylic acids is 1. The van der Waals surface area contributed by atoms with Crippen LogP contribution in [0.5, 0.6) is 0 Å². The van der Waals surface area contributed by atoms with E-state index in [9.17, 15) is 4.79 Å². The minimum absolute atomic E-state index is 0.309. The highest BCUT2D eigenvalue weighted by Gasteiger charge is 2.06. The maximum absolute atomic E-state index is 11.8. The van der Waals surface area contributed by atoms with Crippen LogP contribution in [0.4, 0.5) is 16.2 Å². The summed E-state index contributed by atoms with van der Waals surface area (Å²) in [6.07, 6.45) is 1.10. The molecular formula is C18H17BrN2O2. The molecule has 5 heteroatoms. The number of halogens is 1. The SMILES string of the molecule is [C-]#[N+]c1cccc(NC(=O)OCCc2ccc(Br)cc2CC)c1. The van der Waals surface area contributed by atoms with Crippen molar-refractivity contribution in [2.75, 3.05) is 11.9 Å². The van der Waals surface area contributed by atoms with Crippen molar-refractivity contribution in [2.45, 2.75) is 19.8 Å². The lowest BCUT2D eigenvalue weighted by molar-refractivity contribution is 0.163. The van der Waals surface area contributed by atoms with Crippen molar-refractivity contribution in [3.63, 3.8) is 0 Å². The first-order valence-electron chi connectivity index (χ1n) is 7.31. The van der Waals surface area contributed by atoms with Crippen LogP contribution in [0.15, 0.2) is 46.9 Å². The number of hydrogen-bond acceptors (Lipinski definition) is 2. The van der Waals surface area contributed by atoms with Crippen LogP contribution in [-0.2, 0) is 17.6 Å². The number of carbonyl (C=O) groups is 1. The molecule has 118 valence electrons. The van der Waals surface area contributed by atoms with Crippen LogP contribution in [0.3, 0.4) is 0 Å². The number of aryl methyl sites for hydroxylation is 1. The third kappa shape index (κ3) is 5.11. The Morgan fingerprint density at radius 1 is 1.26 bits per heavy atom. The Hall–Kier alpha value is -2.32. The van der Waals surface area contributed by atoms with Crippen molar-refractivity contribution in [2.24, 2.45) is 0 Å². The predicted octanol–water partition coefficient (Wildman–Crippen LogP) is 5.35. The van der Waals surface area contributed by atoms with Crippen LogP contribution >= 0.6 is 15.9 Å². The van der Waals surface area contributed by atoms with Gasteiger partial charge in [-0.1, -0.05) is 41.1 Å². The lowest BCUT2D eigenvalue weighted by Crippen LogP contribution is -2.15. The molecule has 0 aliphatic carbocycles. The van der Waals surface area contributed by atoms with E-state index in [1.54, 1.807) is 24.3 Å². The van der Waals surface area contributed by atoms with E-state index in [1.807, 2.05) is 12.1 Å². The molecule has 0 aromatic heterocycles. The number of rotatable bonds is 5. The zero-order valence-electron chi connectivity index (χ0n) is 12.8. The summed E-state index contributed by atoms with van der Waals surface area (Å²) >= 11 is 3.46. The average Bonchev–Trinajstić information content (AvgIpc) is 2.56. The fraction of sp³-hybridized carbons (Fsp3) is 0.222. The summed E-state index contributed by atoms with van der Waals surface area (Å²) in [5.74, 6) is 0. The van der Waals surface area contributed by atoms with Crippen LogP contribution < -0.4 is 5.32 Å². The topological polar surface area (TPSA) is 42.7 Å². The molecule has 0 aliphatic heterocycles. The van der Waals surface area contributed by atoms with Crippen LogP contribution in [0.25, 0.3) is 4.85 Å². The summed E-state index contributed by atoms with van der Waals surface area (Å²) in [6, 6.07) is 12.9. The Bertz CT molecular complexity index is 738. The lowest BCUT2D eigenvalue weighted by Gasteiger charge is -2.10. The van der Waals surface area contributed by atoms with Crippen LogP contribution in [0, 0.1) is 6.57 Å². The fourth-order valence-corrected chi connectivity index (χ4v) is 2.64. The molecule has 2 aromatic carbocycles. The van der Waals surface area contributed by atoms with Crippen LogP contribution in [0.2, 0.25) is 0 Å². The molecule has 0 saturated carbocycles. The second-order valence-electron chi connectivity index (χ2n) is 4.94. The maximum Gasteiger partial charge on any atom is 0.411 e. The number of hydrogen-bond donors (Lipinski definition) is 1. The first-order chi connectivity index (χ1) is 11.1. The average molecular weight is 373 g/mol. The van der Waals surface area contributed by atoms with Gasteiger partial charge in [-0.3, -0.25) is 5.32 Å². The zero-order chi connectivity index (χ0) is 16.7. The summed E-state index contributed by atoms with van der Waals surface area (Å²) in [4.78, 5) is 15.1. The number of nitrogens with zero attached hydrogens (tertiary/aromatic N) is 1. The van der Waals surface area contributed by atoms with Gasteiger partial charge in [0, 0.05) is 16.6 Å². The molecule has 0 saturated heterocycles. The Balaban J connectivity index is 1.86. The van der Waals surface area contributed by atoms with E-state index in [2.05, 4.69) is 39.1 Å². The molecule has 0 radical (unpaired) electrons. The highest BCUT2D eigenvalue weighted by Crippen LogP contribution is 2.19. The Labute approximate surface area is 144 Å². The molecule has 0 fully saturated rings. The van der Waals surface area contributed by atoms with Crippen molar-refractivity contribution < 1.29 is 9.53 Å². The molecular weight excluding hydrogens is 356 g/mol. The van der Waals surface area contributed by atoms with Gasteiger partial charge in [0.05, 0.1) is 13.2 Å². The van der Waals surface area contributed by atoms with E-state index in [1.165, 1.54) is 11.1 Å². The van der Waals surface area contributed by atoms with E-state index in [4.69, 9.17) is 11.3 Å². The van der Waals surface area contributed by atoms with E-state index in [0.29, 0.717) is 24.4 Å². The quantitative estimate of drug-likeness (QED) is 0.718. The Morgan fingerprint density at radius 2 is 2.09 bits per heavy atom. The van der Waals surface area contributed by atoms with Gasteiger partial charge in [0.15, 0.2) is 5.69 Å². The monoisotopic (exact) mass is 372 g/mol. The number of ether oxygens (including phenoxy) is 1. The first-order valence-corrected chi connectivity index (χ1v) is 8.10. The van der Waals surface area contributed by atoms with Gasteiger partial charge in [-0.15, -0.1) is 0 Å². The summed E-state index contributed by atoms with van der Waals surface area (Å²) in [5.41, 5.74) is 3.46. The molecule has 1 amide bonds. The second-order valence-corrected chi connectivity index (χ2v) is 5.86. The van der Waals surface area contributed by atoms with Gasteiger partial charge in [-0.25, -0.2) is 9.64 Å². The van der Waals surface area contributed by atoms with Crippen LogP contribution in [-0.4, -0.2) is 12.7 Å². The molecule has 2 rings (SSSR count). The van der Waals surface area contributed by atoms with Gasteiger partial charge < -0.3 is 4.74 Å². The fourth-order valence-electron chi connectivity index (χ4n) is 2.23. The Kier molecular flexibility index (Phi) is 6.19. The molecule has 2 aromatic rings. The van der Waals surface area contributed by atoms with Crippen molar-refractivity contribution in [3.8, 4) is 0 Å². The molecule has 0 atom stereocenters. The highest BCUT2D eigenvalue weighted by atomic mass is 79.9. The first kappa shape index (κ1) is 17.0. The molecule has 4 nitrogen and oxygen atoms in total. The van der Waals surface area contributed by atoms with Crippen molar-refractivity contribution >= 4 is 33.4 Å². The standard InChI is InChI=1S/C18H17BrN2O2/c1-3-13-11-15(19)8-7-14(13)9-10-23-18(22)21-17-6-4-5-16(12-17)20-2/h4-8,11-12H,3,9-10H2,1H3,(H,21,22). The van der Waals surface area contributed by atoms with Crippen molar-refractivity contribution in [1.29, 1.82) is 0 Å². The normalized spacial score (nSPS) is 9.96. The second kappa shape index (κ2) is 8.35. The molecule has 0 aliphatic rings. The predicted molar refractivity (Wildman–Crippen MR) is 94.9 cm³/mol. The number of anilines is 1. The highest BCUT2D eigenvalue weighted by molar-refractivity contribution is 9.10. The van der Waals surface area contributed by atoms with Crippen molar-refractivity contribution in [1.82, 2.24) is 0 Å². The van der Waals surface area contributed by atoms with E-state index >= 15 is 0 Å². The molecule has 0 heterocycles. The van der Waals surface area contributed by atoms with E-state index in [-0.39, 0.29) is 0 Å². The van der Waals surface area contributed by atoms with Gasteiger partial charge in [0.2, 0.25) is 0 Å². The summed E-state index contributed by atoms with van der Waals surface area (Å²) < 4.78 is 6.27. The molecule has 23 heavy (non-hydrogen) atoms. The maximum atomic E-state index is 11.8. The molecule has 0 spiro atoms. The smallest absolute Gasteiger partial charge is 0.411 e. The summed E-state index contributed by atoms with van der Waals surface area (Å²) in [7, 11) is 0. The zero-order valence-corrected chi connectivity index (χ0v) is 14.4. The lowest BCUT2D eigenvalue weighted by atomic mass is 10.0. The minimum Gasteiger partial charge on any atom is -0.449 e. The van der Waals surface area contributed by atoms with Crippen molar-refractivity contribution in [3.05, 3.63) is 69.5 Å². The molecule has 1 N–H and O–H groups in total. The third-order valence-corrected chi connectivity index (χ3v) is 3.87. The number of amides is 1. The number of benzene rings is 2. The molecule has 0 bridgehead atoms. The number of nitrogens with one attached hydrogen (secondary N) is 1.